The Morgan fingerprint density at radius 2 is 1.12 bits per heavy atom. The van der Waals surface area contributed by atoms with Gasteiger partial charge in [-0.1, -0.05) is 77.0 Å². The van der Waals surface area contributed by atoms with Gasteiger partial charge in [0.1, 0.15) is 7.85 Å². The van der Waals surface area contributed by atoms with Crippen LogP contribution in [-0.4, -0.2) is 19.9 Å². The molecule has 0 aliphatic heterocycles. The van der Waals surface area contributed by atoms with Crippen LogP contribution in [0.3, 0.4) is 0 Å². The predicted molar refractivity (Wildman–Crippen MR) is 85.0 cm³/mol. The Morgan fingerprint density at radius 1 is 0.765 bits per heavy atom. The van der Waals surface area contributed by atoms with Crippen LogP contribution in [0.4, 0.5) is 0 Å². The topological polar surface area (TPSA) is 0 Å². The summed E-state index contributed by atoms with van der Waals surface area (Å²) < 4.78 is 0. The van der Waals surface area contributed by atoms with Crippen molar-refractivity contribution in [1.82, 2.24) is 0 Å². The molecule has 0 amide bonds. The highest BCUT2D eigenvalue weighted by Crippen LogP contribution is 2.38. The average Bonchev–Trinajstić information content (AvgIpc) is 2.32. The zero-order valence-corrected chi connectivity index (χ0v) is 12.9. The van der Waals surface area contributed by atoms with Crippen LogP contribution in [0.1, 0.15) is 77.0 Å². The Hall–Kier alpha value is 0.415. The fourth-order valence-corrected chi connectivity index (χ4v) is 4.12. The molecule has 1 fully saturated rings. The van der Waals surface area contributed by atoms with Crippen LogP contribution in [0, 0.1) is 0 Å². The molecule has 0 aromatic rings. The van der Waals surface area contributed by atoms with Gasteiger partial charge in [0.15, 0.2) is 0 Å². The lowest BCUT2D eigenvalue weighted by Gasteiger charge is -2.29. The van der Waals surface area contributed by atoms with Crippen molar-refractivity contribution in [1.29, 1.82) is 0 Å². The molecule has 2 heteroatoms. The van der Waals surface area contributed by atoms with Crippen LogP contribution in [0.5, 0.6) is 0 Å². The van der Waals surface area contributed by atoms with Crippen LogP contribution >= 0.6 is 11.8 Å². The molecule has 0 heterocycles. The van der Waals surface area contributed by atoms with E-state index in [9.17, 15) is 0 Å². The summed E-state index contributed by atoms with van der Waals surface area (Å²) in [6, 6.07) is 0. The quantitative estimate of drug-likeness (QED) is 0.636. The molecule has 0 unspecified atom stereocenters. The van der Waals surface area contributed by atoms with Gasteiger partial charge in [0, 0.05) is 0 Å². The Labute approximate surface area is 114 Å². The monoisotopic (exact) mass is 254 g/mol. The van der Waals surface area contributed by atoms with Gasteiger partial charge in [-0.15, -0.1) is 0 Å². The Bertz CT molecular complexity index is 168. The molecule has 100 valence electrons. The second-order valence-corrected chi connectivity index (χ2v) is 7.15. The maximum absolute atomic E-state index is 2.53. The molecule has 0 radical (unpaired) electrons. The van der Waals surface area contributed by atoms with Crippen LogP contribution in [0.25, 0.3) is 0 Å². The van der Waals surface area contributed by atoms with Crippen molar-refractivity contribution in [3.63, 3.8) is 0 Å². The minimum absolute atomic E-state index is 0.632. The van der Waals surface area contributed by atoms with E-state index in [0.29, 0.717) is 5.31 Å². The van der Waals surface area contributed by atoms with Crippen molar-refractivity contribution >= 4 is 19.6 Å². The van der Waals surface area contributed by atoms with Gasteiger partial charge < -0.3 is 0 Å². The summed E-state index contributed by atoms with van der Waals surface area (Å²) in [5.41, 5.74) is 0. The SMILES string of the molecule is BC1(CSC)CCCCCCCCCCCC1. The molecule has 1 aliphatic rings. The number of hydrogen-bond donors (Lipinski definition) is 0. The summed E-state index contributed by atoms with van der Waals surface area (Å²) in [4.78, 5) is 0. The molecule has 0 aromatic carbocycles. The fraction of sp³-hybridized carbons (Fsp3) is 1.00. The lowest BCUT2D eigenvalue weighted by molar-refractivity contribution is 0.464. The molecule has 1 aliphatic carbocycles. The van der Waals surface area contributed by atoms with E-state index in [1.165, 1.54) is 82.8 Å². The van der Waals surface area contributed by atoms with Crippen LogP contribution in [0.15, 0.2) is 0 Å². The van der Waals surface area contributed by atoms with Gasteiger partial charge in [-0.25, -0.2) is 0 Å². The highest BCUT2D eigenvalue weighted by Gasteiger charge is 2.22. The van der Waals surface area contributed by atoms with Crippen molar-refractivity contribution in [2.24, 2.45) is 0 Å². The first-order valence-electron chi connectivity index (χ1n) is 7.76. The van der Waals surface area contributed by atoms with Gasteiger partial charge in [0.25, 0.3) is 0 Å². The smallest absolute Gasteiger partial charge is 0.110 e. The summed E-state index contributed by atoms with van der Waals surface area (Å²) in [6.07, 6.45) is 20.0. The zero-order chi connectivity index (χ0) is 12.4. The molecular weight excluding hydrogens is 223 g/mol. The van der Waals surface area contributed by atoms with Gasteiger partial charge in [-0.05, 0) is 17.3 Å². The minimum Gasteiger partial charge on any atom is -0.166 e. The minimum atomic E-state index is 0.632. The maximum atomic E-state index is 2.53. The molecular formula is C15H31BS. The summed E-state index contributed by atoms with van der Waals surface area (Å²) >= 11 is 2.05. The summed E-state index contributed by atoms with van der Waals surface area (Å²) in [7, 11) is 2.53. The van der Waals surface area contributed by atoms with Crippen molar-refractivity contribution in [2.45, 2.75) is 82.4 Å². The molecule has 17 heavy (non-hydrogen) atoms. The van der Waals surface area contributed by atoms with Gasteiger partial charge in [0.05, 0.1) is 0 Å². The van der Waals surface area contributed by atoms with Gasteiger partial charge in [-0.3, -0.25) is 0 Å². The molecule has 1 rings (SSSR count). The first kappa shape index (κ1) is 15.5. The average molecular weight is 254 g/mol. The molecule has 0 nitrogen and oxygen atoms in total. The first-order chi connectivity index (χ1) is 8.27. The normalized spacial score (nSPS) is 24.3. The van der Waals surface area contributed by atoms with Crippen molar-refractivity contribution in [3.05, 3.63) is 0 Å². The number of thioether (sulfide) groups is 1. The van der Waals surface area contributed by atoms with Crippen LogP contribution in [-0.2, 0) is 0 Å². The second-order valence-electron chi connectivity index (χ2n) is 6.28. The summed E-state index contributed by atoms with van der Waals surface area (Å²) in [6.45, 7) is 0. The maximum Gasteiger partial charge on any atom is 0.110 e. The summed E-state index contributed by atoms with van der Waals surface area (Å²) in [5.74, 6) is 1.37. The van der Waals surface area contributed by atoms with Crippen LogP contribution < -0.4 is 0 Å². The Kier molecular flexibility index (Phi) is 8.52. The van der Waals surface area contributed by atoms with E-state index in [-0.39, 0.29) is 0 Å². The van der Waals surface area contributed by atoms with E-state index in [2.05, 4.69) is 14.1 Å². The zero-order valence-electron chi connectivity index (χ0n) is 12.1. The Balaban J connectivity index is 2.35. The molecule has 0 saturated heterocycles. The largest absolute Gasteiger partial charge is 0.166 e. The molecule has 0 N–H and O–H groups in total. The predicted octanol–water partition coefficient (Wildman–Crippen LogP) is 4.84. The van der Waals surface area contributed by atoms with Gasteiger partial charge >= 0.3 is 0 Å². The van der Waals surface area contributed by atoms with E-state index < -0.39 is 0 Å². The lowest BCUT2D eigenvalue weighted by Crippen LogP contribution is -2.16. The molecule has 0 bridgehead atoms. The lowest BCUT2D eigenvalue weighted by atomic mass is 9.64. The summed E-state index contributed by atoms with van der Waals surface area (Å²) in [5, 5.41) is 0.632. The van der Waals surface area contributed by atoms with E-state index in [0.717, 1.165) is 0 Å². The van der Waals surface area contributed by atoms with Crippen molar-refractivity contribution in [2.75, 3.05) is 12.0 Å². The first-order valence-corrected chi connectivity index (χ1v) is 9.15. The molecule has 0 aromatic heterocycles. The number of rotatable bonds is 2. The third kappa shape index (κ3) is 7.44. The van der Waals surface area contributed by atoms with E-state index >= 15 is 0 Å². The standard InChI is InChI=1S/C15H31BS/c1-17-14-15(16)12-10-8-6-4-2-3-5-7-9-11-13-15/h2-14,16H2,1H3. The van der Waals surface area contributed by atoms with E-state index in [4.69, 9.17) is 0 Å². The molecule has 0 atom stereocenters. The highest BCUT2D eigenvalue weighted by molar-refractivity contribution is 7.98. The van der Waals surface area contributed by atoms with E-state index in [1.54, 1.807) is 0 Å². The van der Waals surface area contributed by atoms with E-state index in [1.807, 2.05) is 11.8 Å². The third-order valence-corrected chi connectivity index (χ3v) is 5.29. The van der Waals surface area contributed by atoms with Crippen molar-refractivity contribution < 1.29 is 0 Å². The third-order valence-electron chi connectivity index (χ3n) is 4.30. The highest BCUT2D eigenvalue weighted by atomic mass is 32.2. The van der Waals surface area contributed by atoms with Gasteiger partial charge in [-0.2, -0.15) is 11.8 Å². The molecule has 0 spiro atoms. The fourth-order valence-electron chi connectivity index (χ4n) is 3.14. The molecule has 1 saturated carbocycles. The van der Waals surface area contributed by atoms with Crippen molar-refractivity contribution in [3.8, 4) is 0 Å². The van der Waals surface area contributed by atoms with Gasteiger partial charge in [0.2, 0.25) is 0 Å². The van der Waals surface area contributed by atoms with Crippen LogP contribution in [0.2, 0.25) is 5.31 Å². The second kappa shape index (κ2) is 9.36. The Morgan fingerprint density at radius 3 is 1.47 bits per heavy atom. The number of hydrogen-bond acceptors (Lipinski definition) is 1.